The summed E-state index contributed by atoms with van der Waals surface area (Å²) in [5.74, 6) is -0.671. The van der Waals surface area contributed by atoms with E-state index < -0.39 is 60.4 Å². The zero-order chi connectivity index (χ0) is 37.7. The highest BCUT2D eigenvalue weighted by molar-refractivity contribution is 7.26. The van der Waals surface area contributed by atoms with Crippen LogP contribution in [0.3, 0.4) is 0 Å². The summed E-state index contributed by atoms with van der Waals surface area (Å²) >= 11 is 1.71. The second-order valence-electron chi connectivity index (χ2n) is 10.1. The van der Waals surface area contributed by atoms with E-state index in [0.717, 1.165) is 32.0 Å². The van der Waals surface area contributed by atoms with Gasteiger partial charge in [-0.3, -0.25) is 0 Å². The van der Waals surface area contributed by atoms with E-state index in [0.29, 0.717) is 16.7 Å². The molecular weight excluding hydrogens is 559 g/mol. The van der Waals surface area contributed by atoms with Crippen LogP contribution in [0.4, 0.5) is 0 Å². The fourth-order valence-corrected chi connectivity index (χ4v) is 6.83. The minimum atomic E-state index is -0.607. The molecule has 0 aliphatic heterocycles. The molecule has 4 nitrogen and oxygen atoms in total. The van der Waals surface area contributed by atoms with Gasteiger partial charge in [0.05, 0.1) is 13.7 Å². The number of thiophene rings is 1. The SMILES string of the molecule is [2H]c1c([2H])c([2H])c(-c2nc(-c3ccc4oc5cccc(-c6cccc7c6sc6ccccc67)c5c4c3)nc(-c3c([2H])c([2H])c([2H])c([2H])c3[2H])n2)c([2H])c1[2H]. The van der Waals surface area contributed by atoms with Crippen LogP contribution in [0, 0.1) is 0 Å². The Bertz CT molecular complexity index is 2940. The second kappa shape index (κ2) is 9.97. The molecule has 0 spiro atoms. The highest BCUT2D eigenvalue weighted by Crippen LogP contribution is 2.44. The molecule has 9 rings (SSSR count). The first-order valence-electron chi connectivity index (χ1n) is 18.7. The van der Waals surface area contributed by atoms with E-state index in [1.807, 2.05) is 42.5 Å². The van der Waals surface area contributed by atoms with Crippen molar-refractivity contribution in [3.8, 4) is 45.3 Å². The van der Waals surface area contributed by atoms with Crippen LogP contribution in [-0.2, 0) is 0 Å². The third-order valence-electron chi connectivity index (χ3n) is 7.53. The van der Waals surface area contributed by atoms with E-state index in [2.05, 4.69) is 39.2 Å². The predicted octanol–water partition coefficient (Wildman–Crippen LogP) is 10.8. The Balaban J connectivity index is 1.32. The van der Waals surface area contributed by atoms with Crippen molar-refractivity contribution in [2.75, 3.05) is 0 Å². The third-order valence-corrected chi connectivity index (χ3v) is 8.75. The lowest BCUT2D eigenvalue weighted by molar-refractivity contribution is 0.669. The lowest BCUT2D eigenvalue weighted by atomic mass is 9.97. The molecule has 0 radical (unpaired) electrons. The first kappa shape index (κ1) is 16.8. The average molecular weight is 592 g/mol. The molecule has 0 saturated heterocycles. The molecule has 206 valence electrons. The van der Waals surface area contributed by atoms with Crippen LogP contribution in [0.1, 0.15) is 13.7 Å². The fraction of sp³-hybridized carbons (Fsp3) is 0. The van der Waals surface area contributed by atoms with E-state index in [9.17, 15) is 0 Å². The summed E-state index contributed by atoms with van der Waals surface area (Å²) in [6, 6.07) is 19.8. The molecule has 0 aliphatic rings. The number of hydrogen-bond acceptors (Lipinski definition) is 5. The lowest BCUT2D eigenvalue weighted by Crippen LogP contribution is -2.00. The summed E-state index contributed by atoms with van der Waals surface area (Å²) in [6.45, 7) is 0. The van der Waals surface area contributed by atoms with Gasteiger partial charge in [-0.15, -0.1) is 11.3 Å². The zero-order valence-corrected chi connectivity index (χ0v) is 23.5. The minimum Gasteiger partial charge on any atom is -0.456 e. The zero-order valence-electron chi connectivity index (χ0n) is 32.7. The van der Waals surface area contributed by atoms with Crippen molar-refractivity contribution in [2.45, 2.75) is 0 Å². The first-order valence-corrected chi connectivity index (χ1v) is 14.5. The number of rotatable bonds is 4. The van der Waals surface area contributed by atoms with Crippen molar-refractivity contribution in [3.63, 3.8) is 0 Å². The second-order valence-corrected chi connectivity index (χ2v) is 11.1. The van der Waals surface area contributed by atoms with Crippen LogP contribution in [-0.4, -0.2) is 15.0 Å². The van der Waals surface area contributed by atoms with Crippen LogP contribution < -0.4 is 0 Å². The molecule has 0 aliphatic carbocycles. The van der Waals surface area contributed by atoms with Crippen molar-refractivity contribution < 1.29 is 18.1 Å². The molecule has 5 heteroatoms. The van der Waals surface area contributed by atoms with E-state index in [-0.39, 0.29) is 28.6 Å². The monoisotopic (exact) mass is 591 g/mol. The third kappa shape index (κ3) is 4.02. The molecule has 0 N–H and O–H groups in total. The number of benzene rings is 6. The summed E-state index contributed by atoms with van der Waals surface area (Å²) in [5.41, 5.74) is 2.96. The minimum absolute atomic E-state index is 0.0195. The molecule has 0 amide bonds. The van der Waals surface area contributed by atoms with Crippen molar-refractivity contribution in [2.24, 2.45) is 0 Å². The molecule has 0 saturated carbocycles. The predicted molar refractivity (Wildman–Crippen MR) is 182 cm³/mol. The largest absolute Gasteiger partial charge is 0.456 e. The number of fused-ring (bicyclic) bond motifs is 6. The van der Waals surface area contributed by atoms with Crippen LogP contribution in [0.25, 0.3) is 87.4 Å². The molecular formula is C39H23N3OS. The Labute approximate surface area is 271 Å². The van der Waals surface area contributed by atoms with Gasteiger partial charge in [-0.2, -0.15) is 0 Å². The van der Waals surface area contributed by atoms with Crippen LogP contribution in [0.5, 0.6) is 0 Å². The summed E-state index contributed by atoms with van der Waals surface area (Å²) in [5, 5.41) is 3.88. The van der Waals surface area contributed by atoms with Crippen LogP contribution in [0.2, 0.25) is 0 Å². The standard InChI is InChI=1S/C39H23N3OS/c1-3-11-24(12-4-1)37-40-38(25-13-5-2-6-14-25)42-39(41-37)26-21-22-32-31(23-26)35-28(16-10-19-33(35)43-32)30-18-9-17-29-27-15-7-8-20-34(27)44-36(29)30/h1-23H/i1D,2D,3D,4D,5D,6D,11D,12D,13D,14D. The summed E-state index contributed by atoms with van der Waals surface area (Å²) in [7, 11) is 0. The van der Waals surface area contributed by atoms with Crippen molar-refractivity contribution in [1.82, 2.24) is 15.0 Å². The van der Waals surface area contributed by atoms with E-state index in [1.165, 1.54) is 10.1 Å². The highest BCUT2D eigenvalue weighted by atomic mass is 32.1. The van der Waals surface area contributed by atoms with E-state index in [4.69, 9.17) is 18.1 Å². The molecule has 0 bridgehead atoms. The summed E-state index contributed by atoms with van der Waals surface area (Å²) in [4.78, 5) is 13.6. The highest BCUT2D eigenvalue weighted by Gasteiger charge is 2.18. The van der Waals surface area contributed by atoms with Crippen LogP contribution in [0.15, 0.2) is 144 Å². The van der Waals surface area contributed by atoms with E-state index >= 15 is 0 Å². The first-order chi connectivity index (χ1) is 25.9. The molecule has 0 atom stereocenters. The topological polar surface area (TPSA) is 51.8 Å². The number of hydrogen-bond donors (Lipinski definition) is 0. The van der Waals surface area contributed by atoms with Gasteiger partial charge in [-0.25, -0.2) is 15.0 Å². The van der Waals surface area contributed by atoms with Gasteiger partial charge in [-0.1, -0.05) is 109 Å². The van der Waals surface area contributed by atoms with Gasteiger partial charge < -0.3 is 4.42 Å². The van der Waals surface area contributed by atoms with Gasteiger partial charge in [0.15, 0.2) is 17.5 Å². The molecule has 44 heavy (non-hydrogen) atoms. The maximum absolute atomic E-state index is 8.64. The Morgan fingerprint density at radius 2 is 1.16 bits per heavy atom. The Morgan fingerprint density at radius 3 is 1.91 bits per heavy atom. The summed E-state index contributed by atoms with van der Waals surface area (Å²) < 4.78 is 92.4. The lowest BCUT2D eigenvalue weighted by Gasteiger charge is -2.09. The Hall–Kier alpha value is -5.65. The maximum Gasteiger partial charge on any atom is 0.164 e. The Morgan fingerprint density at radius 1 is 0.523 bits per heavy atom. The van der Waals surface area contributed by atoms with Crippen molar-refractivity contribution in [1.29, 1.82) is 0 Å². The molecule has 3 aromatic heterocycles. The molecule has 9 aromatic rings. The average Bonchev–Trinajstić information content (AvgIpc) is 3.76. The smallest absolute Gasteiger partial charge is 0.164 e. The van der Waals surface area contributed by atoms with Gasteiger partial charge >= 0.3 is 0 Å². The number of nitrogens with zero attached hydrogens (tertiary/aromatic N) is 3. The molecule has 6 aromatic carbocycles. The summed E-state index contributed by atoms with van der Waals surface area (Å²) in [6.07, 6.45) is 0. The van der Waals surface area contributed by atoms with Crippen LogP contribution >= 0.6 is 11.3 Å². The normalized spacial score (nSPS) is 14.8. The number of furan rings is 1. The quantitative estimate of drug-likeness (QED) is 0.204. The fourth-order valence-electron chi connectivity index (χ4n) is 5.60. The van der Waals surface area contributed by atoms with Gasteiger partial charge in [-0.05, 0) is 35.9 Å². The van der Waals surface area contributed by atoms with Gasteiger partial charge in [0.2, 0.25) is 0 Å². The maximum atomic E-state index is 8.64. The molecule has 0 fully saturated rings. The van der Waals surface area contributed by atoms with E-state index in [1.54, 1.807) is 23.5 Å². The van der Waals surface area contributed by atoms with Gasteiger partial charge in [0.1, 0.15) is 11.2 Å². The molecule has 0 unspecified atom stereocenters. The van der Waals surface area contributed by atoms with Gasteiger partial charge in [0, 0.05) is 53.2 Å². The molecule has 3 heterocycles. The van der Waals surface area contributed by atoms with Crippen molar-refractivity contribution in [3.05, 3.63) is 139 Å². The van der Waals surface area contributed by atoms with Gasteiger partial charge in [0.25, 0.3) is 0 Å². The Kier molecular flexibility index (Phi) is 3.82. The number of aromatic nitrogens is 3. The van der Waals surface area contributed by atoms with Crippen molar-refractivity contribution >= 4 is 53.4 Å².